The molecule has 0 atom stereocenters. The molecule has 1 aromatic heterocycles. The number of carbonyl (C=O) groups excluding carboxylic acids is 3. The number of amides is 4. The third-order valence-electron chi connectivity index (χ3n) is 5.74. The first kappa shape index (κ1) is 20.7. The van der Waals surface area contributed by atoms with Crippen molar-refractivity contribution < 1.29 is 14.4 Å². The zero-order valence-electron chi connectivity index (χ0n) is 17.2. The molecule has 7 N–H and O–H groups in total. The number of rotatable bonds is 6. The highest BCUT2D eigenvalue weighted by Gasteiger charge is 2.26. The van der Waals surface area contributed by atoms with Crippen LogP contribution in [0.4, 0.5) is 16.2 Å². The number of hydrogen-bond acceptors (Lipinski definition) is 4. The molecular weight excluding hydrogens is 396 g/mol. The van der Waals surface area contributed by atoms with Gasteiger partial charge in [0.05, 0.1) is 16.8 Å². The Bertz CT molecular complexity index is 1070. The fraction of sp³-hybridized carbons (Fsp3) is 0.318. The summed E-state index contributed by atoms with van der Waals surface area (Å²) in [6.45, 7) is 3.01. The number of H-pyrrole nitrogens is 1. The summed E-state index contributed by atoms with van der Waals surface area (Å²) in [4.78, 5) is 41.4. The molecule has 31 heavy (non-hydrogen) atoms. The Morgan fingerprint density at radius 1 is 1.16 bits per heavy atom. The van der Waals surface area contributed by atoms with Crippen LogP contribution in [0.3, 0.4) is 0 Å². The van der Waals surface area contributed by atoms with E-state index in [1.54, 1.807) is 30.5 Å². The molecule has 0 unspecified atom stereocenters. The lowest BCUT2D eigenvalue weighted by Crippen LogP contribution is -2.31. The molecule has 2 aliphatic rings. The van der Waals surface area contributed by atoms with Gasteiger partial charge in [0.1, 0.15) is 0 Å². The third-order valence-corrected chi connectivity index (χ3v) is 5.74. The first-order chi connectivity index (χ1) is 14.9. The second-order valence-electron chi connectivity index (χ2n) is 7.88. The number of fused-ring (bicyclic) bond motifs is 1. The molecule has 162 valence electrons. The van der Waals surface area contributed by atoms with E-state index in [1.807, 2.05) is 0 Å². The molecule has 0 spiro atoms. The number of urea groups is 1. The quantitative estimate of drug-likeness (QED) is 0.454. The van der Waals surface area contributed by atoms with Gasteiger partial charge in [-0.15, -0.1) is 0 Å². The number of nitrogens with zero attached hydrogens (tertiary/aromatic N) is 1. The zero-order valence-corrected chi connectivity index (χ0v) is 17.2. The van der Waals surface area contributed by atoms with Crippen molar-refractivity contribution in [3.05, 3.63) is 46.8 Å². The summed E-state index contributed by atoms with van der Waals surface area (Å²) in [7, 11) is 0. The normalized spacial score (nSPS) is 17.4. The number of anilines is 2. The summed E-state index contributed by atoms with van der Waals surface area (Å²) < 4.78 is 0. The molecule has 0 saturated carbocycles. The molecule has 0 radical (unpaired) electrons. The molecule has 3 heterocycles. The fourth-order valence-electron chi connectivity index (χ4n) is 4.24. The van der Waals surface area contributed by atoms with Crippen molar-refractivity contribution in [2.24, 2.45) is 11.5 Å². The van der Waals surface area contributed by atoms with E-state index < -0.39 is 11.9 Å². The van der Waals surface area contributed by atoms with E-state index in [0.29, 0.717) is 40.2 Å². The highest BCUT2D eigenvalue weighted by Crippen LogP contribution is 2.35. The first-order valence-corrected chi connectivity index (χ1v) is 10.4. The molecule has 4 rings (SSSR count). The number of primary amides is 2. The molecule has 1 fully saturated rings. The second-order valence-corrected chi connectivity index (χ2v) is 7.88. The topological polar surface area (TPSA) is 146 Å². The maximum atomic E-state index is 12.6. The van der Waals surface area contributed by atoms with Crippen LogP contribution < -0.4 is 22.1 Å². The van der Waals surface area contributed by atoms with Crippen LogP contribution in [0.15, 0.2) is 24.4 Å². The number of hydrogen-bond donors (Lipinski definition) is 5. The lowest BCUT2D eigenvalue weighted by atomic mass is 10.0. The van der Waals surface area contributed by atoms with Crippen LogP contribution in [-0.2, 0) is 11.2 Å². The predicted molar refractivity (Wildman–Crippen MR) is 119 cm³/mol. The maximum absolute atomic E-state index is 12.6. The number of aromatic nitrogens is 1. The van der Waals surface area contributed by atoms with Gasteiger partial charge in [0.25, 0.3) is 11.8 Å². The molecule has 4 amide bonds. The van der Waals surface area contributed by atoms with Crippen molar-refractivity contribution in [3.8, 4) is 0 Å². The van der Waals surface area contributed by atoms with E-state index in [-0.39, 0.29) is 5.91 Å². The minimum absolute atomic E-state index is 0.300. The van der Waals surface area contributed by atoms with Gasteiger partial charge in [-0.25, -0.2) is 4.79 Å². The predicted octanol–water partition coefficient (Wildman–Crippen LogP) is 2.13. The van der Waals surface area contributed by atoms with Gasteiger partial charge in [-0.3, -0.25) is 9.59 Å². The second kappa shape index (κ2) is 8.65. The van der Waals surface area contributed by atoms with Gasteiger partial charge in [0, 0.05) is 29.7 Å². The molecule has 1 saturated heterocycles. The molecule has 0 bridgehead atoms. The summed E-state index contributed by atoms with van der Waals surface area (Å²) in [5.74, 6) is -0.837. The van der Waals surface area contributed by atoms with Crippen LogP contribution in [0, 0.1) is 0 Å². The van der Waals surface area contributed by atoms with Crippen molar-refractivity contribution >= 4 is 40.9 Å². The number of aromatic amines is 1. The smallest absolute Gasteiger partial charge is 0.316 e. The fourth-order valence-corrected chi connectivity index (χ4v) is 4.24. The van der Waals surface area contributed by atoms with E-state index in [0.717, 1.165) is 25.2 Å². The number of nitrogens with two attached hydrogens (primary N) is 2. The van der Waals surface area contributed by atoms with E-state index in [9.17, 15) is 14.4 Å². The number of nitrogens with one attached hydrogen (secondary N) is 3. The van der Waals surface area contributed by atoms with Crippen molar-refractivity contribution in [1.82, 2.24) is 9.88 Å². The standard InChI is InChI=1S/C22H26N6O3/c23-20(29)19-13(6-9-28-7-2-1-3-8-28)12-25-18(19)11-16-15-10-14(26-22(24)31)4-5-17(15)27-21(16)30/h4-5,10-12,25H,1-3,6-9H2,(H2,23,29)(H,27,30)(H3,24,26,31). The number of likely N-dealkylation sites (tertiary alicyclic amines) is 1. The first-order valence-electron chi connectivity index (χ1n) is 10.4. The van der Waals surface area contributed by atoms with E-state index in [4.69, 9.17) is 11.5 Å². The summed E-state index contributed by atoms with van der Waals surface area (Å²) in [6.07, 6.45) is 7.79. The van der Waals surface area contributed by atoms with E-state index >= 15 is 0 Å². The summed E-state index contributed by atoms with van der Waals surface area (Å²) in [6, 6.07) is 4.30. The van der Waals surface area contributed by atoms with Crippen LogP contribution in [-0.4, -0.2) is 47.4 Å². The molecule has 2 aliphatic heterocycles. The number of piperidine rings is 1. The van der Waals surface area contributed by atoms with Crippen molar-refractivity contribution in [1.29, 1.82) is 0 Å². The zero-order chi connectivity index (χ0) is 22.0. The number of carbonyl (C=O) groups is 3. The maximum Gasteiger partial charge on any atom is 0.316 e. The Morgan fingerprint density at radius 2 is 1.94 bits per heavy atom. The molecular formula is C22H26N6O3. The number of benzene rings is 1. The summed E-state index contributed by atoms with van der Waals surface area (Å²) in [5.41, 5.74) is 14.7. The average Bonchev–Trinajstić information content (AvgIpc) is 3.28. The Labute approximate surface area is 179 Å². The van der Waals surface area contributed by atoms with Gasteiger partial charge >= 0.3 is 6.03 Å². The Hall–Kier alpha value is -3.59. The largest absolute Gasteiger partial charge is 0.366 e. The van der Waals surface area contributed by atoms with Crippen molar-refractivity contribution in [2.45, 2.75) is 25.7 Å². The van der Waals surface area contributed by atoms with Gasteiger partial charge in [-0.1, -0.05) is 6.42 Å². The average molecular weight is 422 g/mol. The van der Waals surface area contributed by atoms with Gasteiger partial charge in [-0.2, -0.15) is 0 Å². The van der Waals surface area contributed by atoms with Gasteiger partial charge in [0.2, 0.25) is 0 Å². The lowest BCUT2D eigenvalue weighted by molar-refractivity contribution is -0.110. The Morgan fingerprint density at radius 3 is 2.65 bits per heavy atom. The molecule has 9 heteroatoms. The van der Waals surface area contributed by atoms with Gasteiger partial charge < -0.3 is 32.0 Å². The van der Waals surface area contributed by atoms with Crippen LogP contribution in [0.5, 0.6) is 0 Å². The third kappa shape index (κ3) is 4.46. The van der Waals surface area contributed by atoms with E-state index in [2.05, 4.69) is 20.5 Å². The molecule has 2 aromatic rings. The molecule has 9 nitrogen and oxygen atoms in total. The minimum Gasteiger partial charge on any atom is -0.366 e. The van der Waals surface area contributed by atoms with Crippen molar-refractivity contribution in [2.75, 3.05) is 30.3 Å². The SMILES string of the molecule is NC(=O)Nc1ccc2c(c1)C(=Cc1[nH]cc(CCN3CCCCC3)c1C(N)=O)C(=O)N2. The minimum atomic E-state index is -0.693. The highest BCUT2D eigenvalue weighted by molar-refractivity contribution is 6.35. The van der Waals surface area contributed by atoms with Crippen LogP contribution in [0.1, 0.15) is 46.4 Å². The summed E-state index contributed by atoms with van der Waals surface area (Å²) in [5, 5.41) is 5.29. The van der Waals surface area contributed by atoms with Crippen LogP contribution in [0.2, 0.25) is 0 Å². The monoisotopic (exact) mass is 422 g/mol. The Kier molecular flexibility index (Phi) is 5.77. The lowest BCUT2D eigenvalue weighted by Gasteiger charge is -2.26. The van der Waals surface area contributed by atoms with Crippen LogP contribution >= 0.6 is 0 Å². The molecule has 1 aromatic carbocycles. The Balaban J connectivity index is 1.63. The molecule has 0 aliphatic carbocycles. The highest BCUT2D eigenvalue weighted by atomic mass is 16.2. The van der Waals surface area contributed by atoms with Crippen LogP contribution in [0.25, 0.3) is 11.6 Å². The van der Waals surface area contributed by atoms with Gasteiger partial charge in [0.15, 0.2) is 0 Å². The van der Waals surface area contributed by atoms with Gasteiger partial charge in [-0.05, 0) is 62.2 Å². The van der Waals surface area contributed by atoms with Crippen molar-refractivity contribution in [3.63, 3.8) is 0 Å². The summed E-state index contributed by atoms with van der Waals surface area (Å²) >= 11 is 0. The van der Waals surface area contributed by atoms with E-state index in [1.165, 1.54) is 19.3 Å².